The molecule has 0 bridgehead atoms. The van der Waals surface area contributed by atoms with Gasteiger partial charge in [0.25, 0.3) is 0 Å². The van der Waals surface area contributed by atoms with Crippen LogP contribution in [-0.4, -0.2) is 9.97 Å². The summed E-state index contributed by atoms with van der Waals surface area (Å²) in [7, 11) is 0. The van der Waals surface area contributed by atoms with Crippen LogP contribution in [0.1, 0.15) is 61.7 Å². The van der Waals surface area contributed by atoms with Crippen molar-refractivity contribution in [3.63, 3.8) is 0 Å². The minimum absolute atomic E-state index is 0.273. The zero-order chi connectivity index (χ0) is 21.6. The highest BCUT2D eigenvalue weighted by Gasteiger charge is 2.16. The normalized spacial score (nSPS) is 11.9. The van der Waals surface area contributed by atoms with Gasteiger partial charge in [-0.3, -0.25) is 0 Å². The van der Waals surface area contributed by atoms with Crippen molar-refractivity contribution in [1.29, 1.82) is 0 Å². The summed E-state index contributed by atoms with van der Waals surface area (Å²) in [5, 5.41) is 3.67. The Morgan fingerprint density at radius 3 is 2.13 bits per heavy atom. The highest BCUT2D eigenvalue weighted by Crippen LogP contribution is 2.35. The molecule has 0 aliphatic carbocycles. The van der Waals surface area contributed by atoms with E-state index in [1.165, 1.54) is 38.6 Å². The van der Waals surface area contributed by atoms with Gasteiger partial charge in [-0.05, 0) is 67.8 Å². The van der Waals surface area contributed by atoms with E-state index < -0.39 is 0 Å². The molecule has 30 heavy (non-hydrogen) atoms. The fraction of sp³-hybridized carbons (Fsp3) is 0.357. The molecule has 4 rings (SSSR count). The van der Waals surface area contributed by atoms with Gasteiger partial charge in [-0.2, -0.15) is 0 Å². The molecule has 2 heteroatoms. The van der Waals surface area contributed by atoms with E-state index in [2.05, 4.69) is 90.9 Å². The van der Waals surface area contributed by atoms with Gasteiger partial charge in [-0.15, -0.1) is 0 Å². The predicted octanol–water partition coefficient (Wildman–Crippen LogP) is 7.70. The molecule has 0 N–H and O–H groups in total. The molecule has 0 atom stereocenters. The van der Waals surface area contributed by atoms with E-state index in [1.807, 2.05) is 0 Å². The van der Waals surface area contributed by atoms with E-state index in [9.17, 15) is 0 Å². The fourth-order valence-electron chi connectivity index (χ4n) is 4.53. The second-order valence-corrected chi connectivity index (χ2v) is 9.53. The lowest BCUT2D eigenvalue weighted by atomic mass is 9.93. The summed E-state index contributed by atoms with van der Waals surface area (Å²) in [5.41, 5.74) is 8.53. The van der Waals surface area contributed by atoms with Gasteiger partial charge < -0.3 is 0 Å². The van der Waals surface area contributed by atoms with Crippen molar-refractivity contribution in [3.8, 4) is 11.3 Å². The maximum absolute atomic E-state index is 5.07. The van der Waals surface area contributed by atoms with Crippen LogP contribution in [0.2, 0.25) is 0 Å². The summed E-state index contributed by atoms with van der Waals surface area (Å²) >= 11 is 0. The summed E-state index contributed by atoms with van der Waals surface area (Å²) in [4.78, 5) is 10.1. The molecule has 0 fully saturated rings. The van der Waals surface area contributed by atoms with Crippen molar-refractivity contribution in [1.82, 2.24) is 9.97 Å². The number of nitrogens with zero attached hydrogens (tertiary/aromatic N) is 2. The second kappa shape index (κ2) is 7.83. The quantitative estimate of drug-likeness (QED) is 0.330. The Morgan fingerprint density at radius 1 is 0.800 bits per heavy atom. The van der Waals surface area contributed by atoms with Crippen LogP contribution >= 0.6 is 0 Å². The molecule has 4 aromatic rings. The Labute approximate surface area is 180 Å². The van der Waals surface area contributed by atoms with Crippen LogP contribution in [-0.2, 0) is 6.42 Å². The number of benzene rings is 3. The van der Waals surface area contributed by atoms with Gasteiger partial charge in [0, 0.05) is 22.3 Å². The molecular formula is C28H32N2. The monoisotopic (exact) mass is 396 g/mol. The summed E-state index contributed by atoms with van der Waals surface area (Å²) in [6.07, 6.45) is 1.10. The second-order valence-electron chi connectivity index (χ2n) is 9.53. The molecular weight excluding hydrogens is 364 g/mol. The third-order valence-corrected chi connectivity index (χ3v) is 5.71. The van der Waals surface area contributed by atoms with Crippen LogP contribution in [0.5, 0.6) is 0 Å². The topological polar surface area (TPSA) is 25.8 Å². The number of aryl methyl sites for hydroxylation is 3. The van der Waals surface area contributed by atoms with E-state index in [-0.39, 0.29) is 5.92 Å². The first kappa shape index (κ1) is 20.5. The Kier molecular flexibility index (Phi) is 5.36. The molecule has 154 valence electrons. The summed E-state index contributed by atoms with van der Waals surface area (Å²) in [5.74, 6) is 1.83. The summed E-state index contributed by atoms with van der Waals surface area (Å²) in [6, 6.07) is 15.8. The van der Waals surface area contributed by atoms with Gasteiger partial charge in [0.1, 0.15) is 5.82 Å². The molecule has 0 aliphatic rings. The minimum Gasteiger partial charge on any atom is -0.232 e. The third-order valence-electron chi connectivity index (χ3n) is 5.71. The van der Waals surface area contributed by atoms with E-state index in [0.717, 1.165) is 28.8 Å². The van der Waals surface area contributed by atoms with Crippen LogP contribution in [0.4, 0.5) is 0 Å². The minimum atomic E-state index is 0.273. The SMILES string of the molecule is Cc1cc(C)cc(-c2nc(C(C)C)nc3c2ccc2cc(CC(C)C)cc(C)c23)c1. The van der Waals surface area contributed by atoms with Crippen molar-refractivity contribution in [2.75, 3.05) is 0 Å². The largest absolute Gasteiger partial charge is 0.232 e. The average Bonchev–Trinajstić information content (AvgIpc) is 2.65. The molecule has 0 spiro atoms. The molecule has 0 unspecified atom stereocenters. The van der Waals surface area contributed by atoms with Crippen molar-refractivity contribution in [3.05, 3.63) is 70.5 Å². The number of rotatable bonds is 4. The Hall–Kier alpha value is -2.74. The molecule has 0 aliphatic heterocycles. The van der Waals surface area contributed by atoms with E-state index >= 15 is 0 Å². The highest BCUT2D eigenvalue weighted by atomic mass is 14.9. The van der Waals surface area contributed by atoms with Gasteiger partial charge in [0.15, 0.2) is 0 Å². The Bertz CT molecular complexity index is 1230. The smallest absolute Gasteiger partial charge is 0.132 e. The van der Waals surface area contributed by atoms with Crippen molar-refractivity contribution in [2.45, 2.75) is 60.8 Å². The maximum Gasteiger partial charge on any atom is 0.132 e. The number of hydrogen-bond acceptors (Lipinski definition) is 2. The Morgan fingerprint density at radius 2 is 1.50 bits per heavy atom. The van der Waals surface area contributed by atoms with Crippen molar-refractivity contribution < 1.29 is 0 Å². The maximum atomic E-state index is 5.07. The first-order valence-electron chi connectivity index (χ1n) is 11.1. The number of fused-ring (bicyclic) bond motifs is 3. The third kappa shape index (κ3) is 3.84. The Balaban J connectivity index is 2.07. The van der Waals surface area contributed by atoms with E-state index in [1.54, 1.807) is 0 Å². The van der Waals surface area contributed by atoms with Crippen LogP contribution in [0, 0.1) is 26.7 Å². The first-order chi connectivity index (χ1) is 14.2. The summed E-state index contributed by atoms with van der Waals surface area (Å²) < 4.78 is 0. The standard InChI is InChI=1S/C28H32N2/c1-16(2)10-21-14-20(7)25-22(15-21)8-9-24-26(23-12-18(5)11-19(6)13-23)29-28(17(3)4)30-27(24)25/h8-9,11-17H,10H2,1-7H3. The zero-order valence-electron chi connectivity index (χ0n) is 19.3. The van der Waals surface area contributed by atoms with Crippen molar-refractivity contribution in [2.24, 2.45) is 5.92 Å². The predicted molar refractivity (Wildman–Crippen MR) is 129 cm³/mol. The molecule has 0 saturated heterocycles. The van der Waals surface area contributed by atoms with Gasteiger partial charge in [-0.1, -0.05) is 63.1 Å². The lowest BCUT2D eigenvalue weighted by molar-refractivity contribution is 0.647. The number of hydrogen-bond donors (Lipinski definition) is 0. The molecule has 2 nitrogen and oxygen atoms in total. The zero-order valence-corrected chi connectivity index (χ0v) is 19.3. The van der Waals surface area contributed by atoms with E-state index in [0.29, 0.717) is 5.92 Å². The molecule has 3 aromatic carbocycles. The lowest BCUT2D eigenvalue weighted by Crippen LogP contribution is -2.02. The van der Waals surface area contributed by atoms with Gasteiger partial charge in [-0.25, -0.2) is 9.97 Å². The van der Waals surface area contributed by atoms with Gasteiger partial charge in [0.05, 0.1) is 11.2 Å². The fourth-order valence-corrected chi connectivity index (χ4v) is 4.53. The lowest BCUT2D eigenvalue weighted by Gasteiger charge is -2.16. The molecule has 0 amide bonds. The first-order valence-corrected chi connectivity index (χ1v) is 11.1. The summed E-state index contributed by atoms with van der Waals surface area (Å²) in [6.45, 7) is 15.4. The number of aromatic nitrogens is 2. The van der Waals surface area contributed by atoms with Crippen LogP contribution in [0.25, 0.3) is 32.9 Å². The van der Waals surface area contributed by atoms with Crippen molar-refractivity contribution >= 4 is 21.7 Å². The molecule has 0 saturated carbocycles. The van der Waals surface area contributed by atoms with Crippen LogP contribution < -0.4 is 0 Å². The van der Waals surface area contributed by atoms with Crippen LogP contribution in [0.15, 0.2) is 42.5 Å². The van der Waals surface area contributed by atoms with E-state index in [4.69, 9.17) is 9.97 Å². The van der Waals surface area contributed by atoms with Crippen LogP contribution in [0.3, 0.4) is 0 Å². The molecule has 1 heterocycles. The average molecular weight is 397 g/mol. The van der Waals surface area contributed by atoms with Gasteiger partial charge in [0.2, 0.25) is 0 Å². The highest BCUT2D eigenvalue weighted by molar-refractivity contribution is 6.10. The van der Waals surface area contributed by atoms with Gasteiger partial charge >= 0.3 is 0 Å². The molecule has 1 aromatic heterocycles. The molecule has 0 radical (unpaired) electrons.